The van der Waals surface area contributed by atoms with Gasteiger partial charge in [-0.2, -0.15) is 0 Å². The van der Waals surface area contributed by atoms with E-state index in [0.717, 1.165) is 43.7 Å². The summed E-state index contributed by atoms with van der Waals surface area (Å²) >= 11 is 0. The van der Waals surface area contributed by atoms with Gasteiger partial charge >= 0.3 is 0 Å². The molecule has 1 N–H and O–H groups in total. The lowest BCUT2D eigenvalue weighted by Gasteiger charge is -2.39. The lowest BCUT2D eigenvalue weighted by molar-refractivity contribution is -0.133. The fourth-order valence-corrected chi connectivity index (χ4v) is 4.60. The molecule has 2 atom stereocenters. The van der Waals surface area contributed by atoms with Crippen LogP contribution >= 0.6 is 0 Å². The molecule has 2 heterocycles. The molecule has 2 aromatic rings. The van der Waals surface area contributed by atoms with Gasteiger partial charge < -0.3 is 14.9 Å². The molecule has 2 aromatic carbocycles. The Kier molecular flexibility index (Phi) is 5.79. The molecule has 2 aliphatic heterocycles. The van der Waals surface area contributed by atoms with E-state index in [-0.39, 0.29) is 11.9 Å². The largest absolute Gasteiger partial charge is 0.389 e. The molecule has 1 saturated heterocycles. The molecule has 1 amide bonds. The third kappa shape index (κ3) is 4.13. The van der Waals surface area contributed by atoms with Gasteiger partial charge in [-0.25, -0.2) is 0 Å². The van der Waals surface area contributed by atoms with Crippen molar-refractivity contribution >= 4 is 5.91 Å². The number of benzene rings is 2. The van der Waals surface area contributed by atoms with Crippen LogP contribution in [0.2, 0.25) is 0 Å². The van der Waals surface area contributed by atoms with E-state index in [1.807, 2.05) is 24.3 Å². The average molecular weight is 379 g/mol. The second-order valence-corrected chi connectivity index (χ2v) is 8.16. The van der Waals surface area contributed by atoms with Gasteiger partial charge in [0, 0.05) is 13.1 Å². The van der Waals surface area contributed by atoms with E-state index in [4.69, 9.17) is 0 Å². The van der Waals surface area contributed by atoms with Crippen LogP contribution in [0.4, 0.5) is 0 Å². The molecule has 0 saturated carbocycles. The summed E-state index contributed by atoms with van der Waals surface area (Å²) in [5.41, 5.74) is 4.53. The molecule has 0 aliphatic carbocycles. The summed E-state index contributed by atoms with van der Waals surface area (Å²) in [5.74, 6) is 0.182. The van der Waals surface area contributed by atoms with Crippen LogP contribution in [0.3, 0.4) is 0 Å². The standard InChI is InChI=1S/C24H30N2O2/c1-18(27)21-9-6-7-19(15-21)16-24(28)26-14-11-20-8-2-3-10-22(20)23(26)17-25-12-4-5-13-25/h2-3,6-10,15,18,23,27H,4-5,11-14,16-17H2,1H3. The minimum atomic E-state index is -0.514. The molecule has 1 fully saturated rings. The third-order valence-electron chi connectivity index (χ3n) is 6.15. The van der Waals surface area contributed by atoms with Gasteiger partial charge in [0.05, 0.1) is 18.6 Å². The Bertz CT molecular complexity index is 827. The maximum absolute atomic E-state index is 13.3. The molecular weight excluding hydrogens is 348 g/mol. The van der Waals surface area contributed by atoms with Crippen molar-refractivity contribution in [2.24, 2.45) is 0 Å². The van der Waals surface area contributed by atoms with Crippen LogP contribution in [0.1, 0.15) is 54.2 Å². The van der Waals surface area contributed by atoms with Gasteiger partial charge in [-0.15, -0.1) is 0 Å². The van der Waals surface area contributed by atoms with Crippen molar-refractivity contribution < 1.29 is 9.90 Å². The predicted molar refractivity (Wildman–Crippen MR) is 111 cm³/mol. The van der Waals surface area contributed by atoms with Crippen LogP contribution in [-0.2, 0) is 17.6 Å². The van der Waals surface area contributed by atoms with Crippen LogP contribution in [-0.4, -0.2) is 47.0 Å². The highest BCUT2D eigenvalue weighted by molar-refractivity contribution is 5.79. The Hall–Kier alpha value is -2.17. The molecule has 4 heteroatoms. The van der Waals surface area contributed by atoms with Crippen molar-refractivity contribution in [3.8, 4) is 0 Å². The average Bonchev–Trinajstić information content (AvgIpc) is 3.21. The van der Waals surface area contributed by atoms with E-state index < -0.39 is 6.10 Å². The summed E-state index contributed by atoms with van der Waals surface area (Å²) in [7, 11) is 0. The zero-order valence-corrected chi connectivity index (χ0v) is 16.7. The number of nitrogens with zero attached hydrogens (tertiary/aromatic N) is 2. The molecule has 0 spiro atoms. The molecule has 2 aliphatic rings. The van der Waals surface area contributed by atoms with Gasteiger partial charge in [0.2, 0.25) is 5.91 Å². The van der Waals surface area contributed by atoms with Gasteiger partial charge in [0.25, 0.3) is 0 Å². The summed E-state index contributed by atoms with van der Waals surface area (Å²) in [6.45, 7) is 5.74. The zero-order chi connectivity index (χ0) is 19.5. The lowest BCUT2D eigenvalue weighted by Crippen LogP contribution is -2.45. The molecule has 28 heavy (non-hydrogen) atoms. The maximum Gasteiger partial charge on any atom is 0.227 e. The van der Waals surface area contributed by atoms with Gasteiger partial charge in [0.15, 0.2) is 0 Å². The summed E-state index contributed by atoms with van der Waals surface area (Å²) in [6, 6.07) is 16.5. The maximum atomic E-state index is 13.3. The van der Waals surface area contributed by atoms with Crippen LogP contribution in [0.25, 0.3) is 0 Å². The van der Waals surface area contributed by atoms with E-state index in [2.05, 4.69) is 34.1 Å². The first-order valence-corrected chi connectivity index (χ1v) is 10.5. The van der Waals surface area contributed by atoms with Crippen molar-refractivity contribution in [2.75, 3.05) is 26.2 Å². The van der Waals surface area contributed by atoms with Crippen molar-refractivity contribution in [1.29, 1.82) is 0 Å². The quantitative estimate of drug-likeness (QED) is 0.866. The topological polar surface area (TPSA) is 43.8 Å². The molecule has 0 aromatic heterocycles. The Morgan fingerprint density at radius 3 is 2.68 bits per heavy atom. The van der Waals surface area contributed by atoms with E-state index in [1.165, 1.54) is 24.0 Å². The van der Waals surface area contributed by atoms with Crippen LogP contribution in [0.5, 0.6) is 0 Å². The second-order valence-electron chi connectivity index (χ2n) is 8.16. The summed E-state index contributed by atoms with van der Waals surface area (Å²) in [6.07, 6.45) is 3.31. The minimum absolute atomic E-state index is 0.135. The van der Waals surface area contributed by atoms with Gasteiger partial charge in [-0.3, -0.25) is 4.79 Å². The summed E-state index contributed by atoms with van der Waals surface area (Å²) in [5, 5.41) is 9.84. The number of amides is 1. The fourth-order valence-electron chi connectivity index (χ4n) is 4.60. The molecule has 0 bridgehead atoms. The molecule has 148 valence electrons. The van der Waals surface area contributed by atoms with Crippen LogP contribution in [0, 0.1) is 0 Å². The van der Waals surface area contributed by atoms with E-state index in [9.17, 15) is 9.90 Å². The first kappa shape index (κ1) is 19.2. The van der Waals surface area contributed by atoms with E-state index >= 15 is 0 Å². The highest BCUT2D eigenvalue weighted by Gasteiger charge is 2.32. The number of aliphatic hydroxyl groups is 1. The molecule has 4 rings (SSSR count). The van der Waals surface area contributed by atoms with Gasteiger partial charge in [-0.05, 0) is 61.5 Å². The van der Waals surface area contributed by atoms with Crippen molar-refractivity contribution in [3.63, 3.8) is 0 Å². The number of carbonyl (C=O) groups excluding carboxylic acids is 1. The molecule has 0 radical (unpaired) electrons. The smallest absolute Gasteiger partial charge is 0.227 e. The minimum Gasteiger partial charge on any atom is -0.389 e. The Morgan fingerprint density at radius 2 is 1.89 bits per heavy atom. The molecule has 2 unspecified atom stereocenters. The zero-order valence-electron chi connectivity index (χ0n) is 16.7. The fraction of sp³-hybridized carbons (Fsp3) is 0.458. The predicted octanol–water partition coefficient (Wildman–Crippen LogP) is 3.50. The van der Waals surface area contributed by atoms with Gasteiger partial charge in [-0.1, -0.05) is 48.5 Å². The van der Waals surface area contributed by atoms with Crippen molar-refractivity contribution in [2.45, 2.75) is 44.8 Å². The SMILES string of the molecule is CC(O)c1cccc(CC(=O)N2CCc3ccccc3C2CN2CCCC2)c1. The first-order chi connectivity index (χ1) is 13.6. The number of hydrogen-bond donors (Lipinski definition) is 1. The molecular formula is C24H30N2O2. The number of fused-ring (bicyclic) bond motifs is 1. The number of carbonyl (C=O) groups is 1. The van der Waals surface area contributed by atoms with Gasteiger partial charge in [0.1, 0.15) is 0 Å². The lowest BCUT2D eigenvalue weighted by atomic mass is 9.91. The van der Waals surface area contributed by atoms with Crippen molar-refractivity contribution in [1.82, 2.24) is 9.80 Å². The highest BCUT2D eigenvalue weighted by Crippen LogP contribution is 2.32. The van der Waals surface area contributed by atoms with E-state index in [0.29, 0.717) is 6.42 Å². The number of hydrogen-bond acceptors (Lipinski definition) is 3. The summed E-state index contributed by atoms with van der Waals surface area (Å²) < 4.78 is 0. The summed E-state index contributed by atoms with van der Waals surface area (Å²) in [4.78, 5) is 17.9. The number of rotatable bonds is 5. The number of likely N-dealkylation sites (tertiary alicyclic amines) is 1. The highest BCUT2D eigenvalue weighted by atomic mass is 16.3. The Morgan fingerprint density at radius 1 is 1.11 bits per heavy atom. The van der Waals surface area contributed by atoms with Crippen molar-refractivity contribution in [3.05, 3.63) is 70.8 Å². The first-order valence-electron chi connectivity index (χ1n) is 10.5. The van der Waals surface area contributed by atoms with Crippen LogP contribution < -0.4 is 0 Å². The Balaban J connectivity index is 1.56. The monoisotopic (exact) mass is 378 g/mol. The second kappa shape index (κ2) is 8.46. The van der Waals surface area contributed by atoms with E-state index in [1.54, 1.807) is 6.92 Å². The molecule has 4 nitrogen and oxygen atoms in total. The third-order valence-corrected chi connectivity index (χ3v) is 6.15. The van der Waals surface area contributed by atoms with Crippen LogP contribution in [0.15, 0.2) is 48.5 Å². The number of aliphatic hydroxyl groups excluding tert-OH is 1. The normalized spacial score (nSPS) is 20.8. The Labute approximate surface area is 167 Å².